The molecule has 0 unspecified atom stereocenters. The standard InChI is InChI=1S/C27H19NOS/c1-16-14-15-21(18-9-3-2-8-17(16)18)27-24-25(19-10-4-5-11-20(19)26(24)29)28-22-12-6-7-13-23(22)30-27/h2-15,27-28H,1H3/t27-/m0/s1. The molecule has 4 aromatic carbocycles. The topological polar surface area (TPSA) is 29.1 Å². The van der Waals surface area contributed by atoms with E-state index in [9.17, 15) is 4.79 Å². The molecule has 4 aromatic rings. The number of aryl methyl sites for hydroxylation is 1. The number of carbonyl (C=O) groups excluding carboxylic acids is 1. The fourth-order valence-corrected chi connectivity index (χ4v) is 5.93. The quantitative estimate of drug-likeness (QED) is 0.369. The molecule has 2 aliphatic rings. The third-order valence-corrected chi connectivity index (χ3v) is 7.40. The van der Waals surface area contributed by atoms with Crippen molar-refractivity contribution in [3.05, 3.63) is 113 Å². The molecule has 0 aromatic heterocycles. The van der Waals surface area contributed by atoms with E-state index < -0.39 is 0 Å². The minimum Gasteiger partial charge on any atom is -0.354 e. The van der Waals surface area contributed by atoms with Crippen LogP contribution in [0, 0.1) is 6.92 Å². The molecule has 1 atom stereocenters. The number of hydrogen-bond donors (Lipinski definition) is 1. The zero-order valence-corrected chi connectivity index (χ0v) is 17.3. The van der Waals surface area contributed by atoms with E-state index in [1.807, 2.05) is 30.3 Å². The van der Waals surface area contributed by atoms with Crippen molar-refractivity contribution in [1.29, 1.82) is 0 Å². The van der Waals surface area contributed by atoms with Crippen LogP contribution in [0.25, 0.3) is 16.5 Å². The maximum Gasteiger partial charge on any atom is 0.193 e. The van der Waals surface area contributed by atoms with Crippen molar-refractivity contribution < 1.29 is 4.79 Å². The zero-order valence-electron chi connectivity index (χ0n) is 16.5. The van der Waals surface area contributed by atoms with E-state index in [1.165, 1.54) is 21.9 Å². The molecular weight excluding hydrogens is 386 g/mol. The average molecular weight is 406 g/mol. The third kappa shape index (κ3) is 2.49. The molecule has 2 nitrogen and oxygen atoms in total. The van der Waals surface area contributed by atoms with Gasteiger partial charge in [0.15, 0.2) is 5.78 Å². The maximum atomic E-state index is 13.6. The van der Waals surface area contributed by atoms with Gasteiger partial charge in [0.1, 0.15) is 0 Å². The van der Waals surface area contributed by atoms with E-state index in [4.69, 9.17) is 0 Å². The van der Waals surface area contributed by atoms with Crippen molar-refractivity contribution in [2.45, 2.75) is 17.1 Å². The number of fused-ring (bicyclic) bond motifs is 4. The van der Waals surface area contributed by atoms with E-state index >= 15 is 0 Å². The van der Waals surface area contributed by atoms with Crippen LogP contribution in [0.15, 0.2) is 95.4 Å². The Balaban J connectivity index is 1.65. The summed E-state index contributed by atoms with van der Waals surface area (Å²) in [6.07, 6.45) is 0. The summed E-state index contributed by atoms with van der Waals surface area (Å²) in [6, 6.07) is 29.1. The molecule has 144 valence electrons. The second-order valence-corrected chi connectivity index (χ2v) is 8.95. The number of thioether (sulfide) groups is 1. The minimum atomic E-state index is -0.0819. The molecular formula is C27H19NOS. The highest BCUT2D eigenvalue weighted by Crippen LogP contribution is 2.53. The van der Waals surface area contributed by atoms with Gasteiger partial charge < -0.3 is 5.32 Å². The summed E-state index contributed by atoms with van der Waals surface area (Å²) in [6.45, 7) is 2.14. The van der Waals surface area contributed by atoms with Crippen molar-refractivity contribution in [3.8, 4) is 0 Å². The van der Waals surface area contributed by atoms with Gasteiger partial charge in [0.05, 0.1) is 16.6 Å². The second kappa shape index (κ2) is 6.61. The zero-order chi connectivity index (χ0) is 20.2. The monoisotopic (exact) mass is 405 g/mol. The predicted molar refractivity (Wildman–Crippen MR) is 125 cm³/mol. The Bertz CT molecular complexity index is 1380. The summed E-state index contributed by atoms with van der Waals surface area (Å²) in [5, 5.41) is 5.98. The van der Waals surface area contributed by atoms with Gasteiger partial charge in [0.2, 0.25) is 0 Å². The van der Waals surface area contributed by atoms with Gasteiger partial charge >= 0.3 is 0 Å². The summed E-state index contributed by atoms with van der Waals surface area (Å²) in [4.78, 5) is 14.8. The molecule has 0 amide bonds. The van der Waals surface area contributed by atoms with Gasteiger partial charge in [-0.05, 0) is 41.0 Å². The molecule has 1 aliphatic heterocycles. The fourth-order valence-electron chi connectivity index (χ4n) is 4.60. The normalized spacial score (nSPS) is 17.2. The molecule has 1 N–H and O–H groups in total. The van der Waals surface area contributed by atoms with Crippen LogP contribution in [0.3, 0.4) is 0 Å². The molecule has 0 spiro atoms. The van der Waals surface area contributed by atoms with Crippen molar-refractivity contribution >= 4 is 39.7 Å². The van der Waals surface area contributed by atoms with Gasteiger partial charge in [-0.2, -0.15) is 0 Å². The number of carbonyl (C=O) groups is 1. The Kier molecular flexibility index (Phi) is 3.87. The van der Waals surface area contributed by atoms with Crippen molar-refractivity contribution in [2.24, 2.45) is 0 Å². The van der Waals surface area contributed by atoms with E-state index in [0.29, 0.717) is 0 Å². The van der Waals surface area contributed by atoms with Gasteiger partial charge in [0, 0.05) is 21.6 Å². The van der Waals surface area contributed by atoms with Gasteiger partial charge in [-0.1, -0.05) is 72.8 Å². The Morgan fingerprint density at radius 2 is 1.47 bits per heavy atom. The lowest BCUT2D eigenvalue weighted by molar-refractivity contribution is 0.103. The van der Waals surface area contributed by atoms with Gasteiger partial charge in [-0.25, -0.2) is 0 Å². The Hall–Kier alpha value is -3.30. The van der Waals surface area contributed by atoms with Crippen LogP contribution in [-0.4, -0.2) is 5.78 Å². The summed E-state index contributed by atoms with van der Waals surface area (Å²) in [7, 11) is 0. The molecule has 0 saturated heterocycles. The molecule has 6 rings (SSSR count). The van der Waals surface area contributed by atoms with Crippen LogP contribution in [0.4, 0.5) is 5.69 Å². The first kappa shape index (κ1) is 17.5. The van der Waals surface area contributed by atoms with E-state index in [-0.39, 0.29) is 11.0 Å². The van der Waals surface area contributed by atoms with Gasteiger partial charge in [0.25, 0.3) is 0 Å². The number of anilines is 1. The number of Topliss-reactive ketones (excluding diaryl/α,β-unsaturated/α-hetero) is 1. The van der Waals surface area contributed by atoms with Crippen LogP contribution < -0.4 is 5.32 Å². The lowest BCUT2D eigenvalue weighted by atomic mass is 9.94. The van der Waals surface area contributed by atoms with Gasteiger partial charge in [-0.3, -0.25) is 4.79 Å². The third-order valence-electron chi connectivity index (χ3n) is 6.07. The van der Waals surface area contributed by atoms with Crippen molar-refractivity contribution in [3.63, 3.8) is 0 Å². The average Bonchev–Trinajstić information content (AvgIpc) is 2.94. The smallest absolute Gasteiger partial charge is 0.193 e. The van der Waals surface area contributed by atoms with Crippen molar-refractivity contribution in [1.82, 2.24) is 0 Å². The summed E-state index contributed by atoms with van der Waals surface area (Å²) in [5.41, 5.74) is 7.08. The number of benzene rings is 4. The molecule has 1 heterocycles. The number of rotatable bonds is 1. The highest BCUT2D eigenvalue weighted by molar-refractivity contribution is 8.00. The van der Waals surface area contributed by atoms with Crippen LogP contribution >= 0.6 is 11.8 Å². The highest BCUT2D eigenvalue weighted by Gasteiger charge is 2.38. The number of para-hydroxylation sites is 1. The van der Waals surface area contributed by atoms with Crippen LogP contribution in [-0.2, 0) is 0 Å². The molecule has 0 fully saturated rings. The van der Waals surface area contributed by atoms with Crippen molar-refractivity contribution in [2.75, 3.05) is 5.32 Å². The van der Waals surface area contributed by atoms with Gasteiger partial charge in [-0.15, -0.1) is 11.8 Å². The summed E-state index contributed by atoms with van der Waals surface area (Å²) >= 11 is 1.76. The molecule has 3 heteroatoms. The lowest BCUT2D eigenvalue weighted by Crippen LogP contribution is -2.08. The summed E-state index contributed by atoms with van der Waals surface area (Å²) < 4.78 is 0. The largest absolute Gasteiger partial charge is 0.354 e. The van der Waals surface area contributed by atoms with E-state index in [2.05, 4.69) is 66.8 Å². The molecule has 0 radical (unpaired) electrons. The fraction of sp³-hybridized carbons (Fsp3) is 0.0741. The molecule has 1 aliphatic carbocycles. The minimum absolute atomic E-state index is 0.0819. The predicted octanol–water partition coefficient (Wildman–Crippen LogP) is 7.01. The van der Waals surface area contributed by atoms with E-state index in [0.717, 1.165) is 33.0 Å². The Morgan fingerprint density at radius 3 is 2.33 bits per heavy atom. The highest BCUT2D eigenvalue weighted by atomic mass is 32.2. The van der Waals surface area contributed by atoms with Crippen LogP contribution in [0.2, 0.25) is 0 Å². The first-order chi connectivity index (χ1) is 14.7. The first-order valence-corrected chi connectivity index (χ1v) is 11.0. The molecule has 30 heavy (non-hydrogen) atoms. The maximum absolute atomic E-state index is 13.6. The number of ketones is 1. The number of nitrogens with one attached hydrogen (secondary N) is 1. The first-order valence-electron chi connectivity index (χ1n) is 10.1. The Morgan fingerprint density at radius 1 is 0.767 bits per heavy atom. The Labute approximate surface area is 179 Å². The number of hydrogen-bond acceptors (Lipinski definition) is 3. The van der Waals surface area contributed by atoms with E-state index in [1.54, 1.807) is 11.8 Å². The SMILES string of the molecule is Cc1ccc([C@@H]2Sc3ccccc3NC3=C2C(=O)c2ccccc23)c2ccccc12. The molecule has 0 saturated carbocycles. The lowest BCUT2D eigenvalue weighted by Gasteiger charge is -2.20. The van der Waals surface area contributed by atoms with Crippen LogP contribution in [0.5, 0.6) is 0 Å². The molecule has 0 bridgehead atoms. The van der Waals surface area contributed by atoms with Crippen LogP contribution in [0.1, 0.15) is 32.3 Å². The summed E-state index contributed by atoms with van der Waals surface area (Å²) in [5.74, 6) is 0.128. The second-order valence-electron chi connectivity index (χ2n) is 7.80.